The fourth-order valence-corrected chi connectivity index (χ4v) is 3.51. The summed E-state index contributed by atoms with van der Waals surface area (Å²) in [7, 11) is 0. The lowest BCUT2D eigenvalue weighted by Gasteiger charge is -2.00. The highest BCUT2D eigenvalue weighted by molar-refractivity contribution is 7.17. The molecular formula is C18H14ClN7OS. The highest BCUT2D eigenvalue weighted by atomic mass is 35.5. The SMILES string of the molecule is O=C(Cn1nnc2ccccc21)N/N=C/c1sc(Nc2ccccc2)nc1Cl. The number of hydrogen-bond acceptors (Lipinski definition) is 7. The Labute approximate surface area is 168 Å². The number of carbonyl (C=O) groups is 1. The zero-order valence-corrected chi connectivity index (χ0v) is 16.0. The number of carbonyl (C=O) groups excluding carboxylic acids is 1. The van der Waals surface area contributed by atoms with Gasteiger partial charge in [0.2, 0.25) is 0 Å². The molecule has 0 unspecified atom stereocenters. The number of nitrogens with one attached hydrogen (secondary N) is 2. The monoisotopic (exact) mass is 411 g/mol. The quantitative estimate of drug-likeness (QED) is 0.374. The van der Waals surface area contributed by atoms with Crippen molar-refractivity contribution in [3.8, 4) is 0 Å². The van der Waals surface area contributed by atoms with E-state index in [1.165, 1.54) is 22.2 Å². The predicted octanol–water partition coefficient (Wildman–Crippen LogP) is 3.44. The topological polar surface area (TPSA) is 97.1 Å². The molecule has 0 aliphatic heterocycles. The van der Waals surface area contributed by atoms with Crippen LogP contribution in [0.15, 0.2) is 59.7 Å². The average molecular weight is 412 g/mol. The van der Waals surface area contributed by atoms with Gasteiger partial charge >= 0.3 is 0 Å². The number of rotatable bonds is 6. The van der Waals surface area contributed by atoms with E-state index in [0.717, 1.165) is 16.7 Å². The third-order valence-corrected chi connectivity index (χ3v) is 5.02. The minimum Gasteiger partial charge on any atom is -0.331 e. The number of hydrogen-bond donors (Lipinski definition) is 2. The highest BCUT2D eigenvalue weighted by Crippen LogP contribution is 2.27. The molecule has 8 nitrogen and oxygen atoms in total. The fraction of sp³-hybridized carbons (Fsp3) is 0.0556. The molecule has 10 heteroatoms. The smallest absolute Gasteiger partial charge is 0.261 e. The van der Waals surface area contributed by atoms with Crippen molar-refractivity contribution in [3.05, 3.63) is 64.6 Å². The van der Waals surface area contributed by atoms with Crippen molar-refractivity contribution in [2.24, 2.45) is 5.10 Å². The minimum atomic E-state index is -0.324. The number of thiazole rings is 1. The first-order valence-electron chi connectivity index (χ1n) is 8.27. The molecule has 140 valence electrons. The molecule has 2 aromatic heterocycles. The fourth-order valence-electron chi connectivity index (χ4n) is 2.46. The Morgan fingerprint density at radius 1 is 1.18 bits per heavy atom. The standard InChI is InChI=1S/C18H14ClN7OS/c19-17-15(28-18(22-17)21-12-6-2-1-3-7-12)10-20-24-16(27)11-26-14-9-5-4-8-13(14)23-25-26/h1-10H,11H2,(H,21,22)(H,24,27)/b20-10+. The van der Waals surface area contributed by atoms with Gasteiger partial charge in [-0.3, -0.25) is 4.79 Å². The molecule has 4 aromatic rings. The number of fused-ring (bicyclic) bond motifs is 1. The Kier molecular flexibility index (Phi) is 5.27. The van der Waals surface area contributed by atoms with Crippen molar-refractivity contribution in [2.45, 2.75) is 6.54 Å². The molecule has 0 radical (unpaired) electrons. The molecule has 2 aromatic carbocycles. The summed E-state index contributed by atoms with van der Waals surface area (Å²) in [6.07, 6.45) is 1.47. The second-order valence-electron chi connectivity index (χ2n) is 5.69. The summed E-state index contributed by atoms with van der Waals surface area (Å²) in [6.45, 7) is 0.00902. The molecule has 0 saturated carbocycles. The van der Waals surface area contributed by atoms with Crippen LogP contribution >= 0.6 is 22.9 Å². The van der Waals surface area contributed by atoms with Crippen molar-refractivity contribution in [2.75, 3.05) is 5.32 Å². The number of amides is 1. The van der Waals surface area contributed by atoms with E-state index in [1.54, 1.807) is 0 Å². The molecule has 2 heterocycles. The molecule has 0 aliphatic rings. The van der Waals surface area contributed by atoms with Crippen LogP contribution in [-0.2, 0) is 11.3 Å². The highest BCUT2D eigenvalue weighted by Gasteiger charge is 2.09. The van der Waals surface area contributed by atoms with Crippen molar-refractivity contribution in [1.29, 1.82) is 0 Å². The van der Waals surface area contributed by atoms with Crippen LogP contribution in [0, 0.1) is 0 Å². The summed E-state index contributed by atoms with van der Waals surface area (Å²) in [6, 6.07) is 17.1. The van der Waals surface area contributed by atoms with Gasteiger partial charge in [-0.25, -0.2) is 15.1 Å². The molecule has 28 heavy (non-hydrogen) atoms. The molecule has 0 fully saturated rings. The van der Waals surface area contributed by atoms with Gasteiger partial charge in [0, 0.05) is 5.69 Å². The van der Waals surface area contributed by atoms with Gasteiger partial charge in [-0.05, 0) is 24.3 Å². The first-order chi connectivity index (χ1) is 13.7. The van der Waals surface area contributed by atoms with Gasteiger partial charge in [0.05, 0.1) is 16.6 Å². The first-order valence-corrected chi connectivity index (χ1v) is 9.47. The van der Waals surface area contributed by atoms with Crippen LogP contribution in [0.4, 0.5) is 10.8 Å². The van der Waals surface area contributed by atoms with Crippen LogP contribution < -0.4 is 10.7 Å². The molecule has 0 saturated heterocycles. The second-order valence-corrected chi connectivity index (χ2v) is 7.08. The maximum Gasteiger partial charge on any atom is 0.261 e. The molecular weight excluding hydrogens is 398 g/mol. The third-order valence-electron chi connectivity index (χ3n) is 3.72. The maximum absolute atomic E-state index is 12.1. The van der Waals surface area contributed by atoms with E-state index in [-0.39, 0.29) is 12.5 Å². The summed E-state index contributed by atoms with van der Waals surface area (Å²) in [4.78, 5) is 17.0. The number of halogens is 1. The molecule has 2 N–H and O–H groups in total. The molecule has 0 bridgehead atoms. The maximum atomic E-state index is 12.1. The Morgan fingerprint density at radius 3 is 2.82 bits per heavy atom. The number of hydrazone groups is 1. The van der Waals surface area contributed by atoms with Crippen LogP contribution in [0.1, 0.15) is 4.88 Å². The first kappa shape index (κ1) is 18.1. The van der Waals surface area contributed by atoms with E-state index in [4.69, 9.17) is 11.6 Å². The van der Waals surface area contributed by atoms with Crippen molar-refractivity contribution in [1.82, 2.24) is 25.4 Å². The van der Waals surface area contributed by atoms with Gasteiger partial charge in [0.15, 0.2) is 10.3 Å². The Balaban J connectivity index is 1.37. The second kappa shape index (κ2) is 8.15. The third kappa shape index (κ3) is 4.16. The van der Waals surface area contributed by atoms with E-state index < -0.39 is 0 Å². The number of benzene rings is 2. The minimum absolute atomic E-state index is 0.00902. The summed E-state index contributed by atoms with van der Waals surface area (Å²) in [5, 5.41) is 16.1. The van der Waals surface area contributed by atoms with Gasteiger partial charge < -0.3 is 5.32 Å². The van der Waals surface area contributed by atoms with Gasteiger partial charge in [0.1, 0.15) is 12.1 Å². The molecule has 0 atom stereocenters. The van der Waals surface area contributed by atoms with Gasteiger partial charge in [-0.1, -0.05) is 58.5 Å². The van der Waals surface area contributed by atoms with Crippen LogP contribution in [0.25, 0.3) is 11.0 Å². The Morgan fingerprint density at radius 2 is 1.96 bits per heavy atom. The zero-order chi connectivity index (χ0) is 19.3. The molecule has 1 amide bonds. The van der Waals surface area contributed by atoms with E-state index >= 15 is 0 Å². The summed E-state index contributed by atoms with van der Waals surface area (Å²) in [5.41, 5.74) is 4.88. The summed E-state index contributed by atoms with van der Waals surface area (Å²) in [5.74, 6) is -0.324. The molecule has 0 aliphatic carbocycles. The normalized spacial score (nSPS) is 11.2. The lowest BCUT2D eigenvalue weighted by Crippen LogP contribution is -2.23. The van der Waals surface area contributed by atoms with Crippen LogP contribution in [0.3, 0.4) is 0 Å². The van der Waals surface area contributed by atoms with Crippen molar-refractivity contribution >= 4 is 56.9 Å². The Bertz CT molecular complexity index is 1140. The van der Waals surface area contributed by atoms with Gasteiger partial charge in [0.25, 0.3) is 5.91 Å². The van der Waals surface area contributed by atoms with Crippen LogP contribution in [0.2, 0.25) is 5.15 Å². The number of para-hydroxylation sites is 2. The molecule has 0 spiro atoms. The van der Waals surface area contributed by atoms with Crippen LogP contribution in [0.5, 0.6) is 0 Å². The van der Waals surface area contributed by atoms with E-state index in [2.05, 4.69) is 31.1 Å². The lowest BCUT2D eigenvalue weighted by atomic mass is 10.3. The lowest BCUT2D eigenvalue weighted by molar-refractivity contribution is -0.121. The van der Waals surface area contributed by atoms with E-state index in [1.807, 2.05) is 54.6 Å². The zero-order valence-electron chi connectivity index (χ0n) is 14.4. The Hall–Kier alpha value is -3.30. The number of anilines is 2. The summed E-state index contributed by atoms with van der Waals surface area (Å²) >= 11 is 7.47. The van der Waals surface area contributed by atoms with Gasteiger partial charge in [-0.2, -0.15) is 5.10 Å². The largest absolute Gasteiger partial charge is 0.331 e. The average Bonchev–Trinajstić information content (AvgIpc) is 3.26. The van der Waals surface area contributed by atoms with Crippen molar-refractivity contribution < 1.29 is 4.79 Å². The van der Waals surface area contributed by atoms with Crippen LogP contribution in [-0.4, -0.2) is 32.1 Å². The number of nitrogens with zero attached hydrogens (tertiary/aromatic N) is 5. The van der Waals surface area contributed by atoms with E-state index in [9.17, 15) is 4.79 Å². The summed E-state index contributed by atoms with van der Waals surface area (Å²) < 4.78 is 1.52. The predicted molar refractivity (Wildman–Crippen MR) is 110 cm³/mol. The van der Waals surface area contributed by atoms with Gasteiger partial charge in [-0.15, -0.1) is 5.10 Å². The number of aromatic nitrogens is 4. The van der Waals surface area contributed by atoms with E-state index in [0.29, 0.717) is 15.2 Å². The van der Waals surface area contributed by atoms with Crippen molar-refractivity contribution in [3.63, 3.8) is 0 Å². The molecule has 4 rings (SSSR count).